The first kappa shape index (κ1) is 9.74. The van der Waals surface area contributed by atoms with Crippen LogP contribution in [0.15, 0.2) is 16.7 Å². The van der Waals surface area contributed by atoms with Gasteiger partial charge in [-0.05, 0) is 44.6 Å². The fourth-order valence-electron chi connectivity index (χ4n) is 0.615. The van der Waals surface area contributed by atoms with Gasteiger partial charge in [-0.15, -0.1) is 0 Å². The van der Waals surface area contributed by atoms with Gasteiger partial charge in [0, 0.05) is 10.7 Å². The Hall–Kier alpha value is -0.350. The minimum atomic E-state index is 0.0497. The maximum absolute atomic E-state index is 8.28. The molecule has 1 aromatic heterocycles. The molecule has 1 aromatic rings. The summed E-state index contributed by atoms with van der Waals surface area (Å²) >= 11 is 5.31. The van der Waals surface area contributed by atoms with Gasteiger partial charge in [0.1, 0.15) is 9.77 Å². The molecule has 62 valence electrons. The summed E-state index contributed by atoms with van der Waals surface area (Å²) in [7, 11) is 0. The molecule has 1 heterocycles. The number of pyridine rings is 1. The lowest BCUT2D eigenvalue weighted by Gasteiger charge is -2.02. The second-order valence-electron chi connectivity index (χ2n) is 1.89. The van der Waals surface area contributed by atoms with Gasteiger partial charge in [0.25, 0.3) is 0 Å². The summed E-state index contributed by atoms with van der Waals surface area (Å²) in [5.74, 6) is 0.631. The summed E-state index contributed by atoms with van der Waals surface area (Å²) in [5.41, 5.74) is 0. The van der Waals surface area contributed by atoms with E-state index in [4.69, 9.17) is 10.00 Å². The van der Waals surface area contributed by atoms with E-state index >= 15 is 0 Å². The number of hydrogen-bond acceptors (Lipinski definition) is 3. The van der Waals surface area contributed by atoms with Gasteiger partial charge in [-0.2, -0.15) is 5.26 Å². The summed E-state index contributed by atoms with van der Waals surface area (Å²) in [6.07, 6.45) is 1.68. The fourth-order valence-corrected chi connectivity index (χ4v) is 1.38. The van der Waals surface area contributed by atoms with Crippen molar-refractivity contribution in [2.45, 2.75) is 0 Å². The summed E-state index contributed by atoms with van der Waals surface area (Å²) in [6.45, 7) is 0.0497. The van der Waals surface area contributed by atoms with E-state index in [2.05, 4.69) is 43.5 Å². The molecule has 0 radical (unpaired) electrons. The van der Waals surface area contributed by atoms with E-state index in [1.165, 1.54) is 0 Å². The molecule has 1 rings (SSSR count). The van der Waals surface area contributed by atoms with Gasteiger partial charge in [-0.3, -0.25) is 0 Å². The molecule has 0 N–H and O–H groups in total. The standard InChI is InChI=1S/C7H4BrIN2O/c8-5-3-6(12-2-1-10)7(9)11-4-5/h3-4H,2H2. The molecule has 5 heteroatoms. The van der Waals surface area contributed by atoms with E-state index < -0.39 is 0 Å². The van der Waals surface area contributed by atoms with Crippen molar-refractivity contribution in [1.29, 1.82) is 5.26 Å². The Labute approximate surface area is 92.0 Å². The molecule has 3 nitrogen and oxygen atoms in total. The van der Waals surface area contributed by atoms with Crippen LogP contribution in [-0.4, -0.2) is 11.6 Å². The zero-order chi connectivity index (χ0) is 8.97. The van der Waals surface area contributed by atoms with E-state index in [0.717, 1.165) is 8.17 Å². The summed E-state index contributed by atoms with van der Waals surface area (Å²) in [5, 5.41) is 8.28. The zero-order valence-electron chi connectivity index (χ0n) is 5.92. The van der Waals surface area contributed by atoms with E-state index in [0.29, 0.717) is 5.75 Å². The molecule has 0 unspecified atom stereocenters. The van der Waals surface area contributed by atoms with Crippen molar-refractivity contribution >= 4 is 38.5 Å². The van der Waals surface area contributed by atoms with Gasteiger partial charge in [0.15, 0.2) is 12.4 Å². The molecule has 0 aromatic carbocycles. The molecule has 0 atom stereocenters. The van der Waals surface area contributed by atoms with Crippen molar-refractivity contribution in [2.24, 2.45) is 0 Å². The van der Waals surface area contributed by atoms with E-state index in [9.17, 15) is 0 Å². The predicted octanol–water partition coefficient (Wildman–Crippen LogP) is 2.35. The van der Waals surface area contributed by atoms with Gasteiger partial charge in [-0.1, -0.05) is 0 Å². The lowest BCUT2D eigenvalue weighted by atomic mass is 10.5. The molecule has 0 spiro atoms. The molecule has 0 aliphatic rings. The van der Waals surface area contributed by atoms with Crippen LogP contribution in [0.25, 0.3) is 0 Å². The second-order valence-corrected chi connectivity index (χ2v) is 3.83. The summed E-state index contributed by atoms with van der Waals surface area (Å²) in [4.78, 5) is 4.04. The molecule has 0 bridgehead atoms. The SMILES string of the molecule is N#CCOc1cc(Br)cnc1I. The first-order valence-electron chi connectivity index (χ1n) is 3.05. The average molecular weight is 339 g/mol. The highest BCUT2D eigenvalue weighted by Crippen LogP contribution is 2.22. The zero-order valence-corrected chi connectivity index (χ0v) is 9.66. The maximum Gasteiger partial charge on any atom is 0.174 e. The van der Waals surface area contributed by atoms with Crippen molar-refractivity contribution in [3.05, 3.63) is 20.4 Å². The van der Waals surface area contributed by atoms with Crippen molar-refractivity contribution in [3.63, 3.8) is 0 Å². The quantitative estimate of drug-likeness (QED) is 0.614. The first-order chi connectivity index (χ1) is 5.74. The highest BCUT2D eigenvalue weighted by molar-refractivity contribution is 14.1. The molecule has 0 fully saturated rings. The summed E-state index contributed by atoms with van der Waals surface area (Å²) in [6, 6.07) is 3.68. The lowest BCUT2D eigenvalue weighted by Crippen LogP contribution is -1.96. The van der Waals surface area contributed by atoms with Gasteiger partial charge in [0.05, 0.1) is 0 Å². The Bertz CT molecular complexity index is 324. The monoisotopic (exact) mass is 338 g/mol. The molecule has 0 saturated carbocycles. The number of halogens is 2. The van der Waals surface area contributed by atoms with Gasteiger partial charge in [-0.25, -0.2) is 4.98 Å². The van der Waals surface area contributed by atoms with E-state index in [1.807, 2.05) is 6.07 Å². The van der Waals surface area contributed by atoms with Crippen LogP contribution in [-0.2, 0) is 0 Å². The van der Waals surface area contributed by atoms with Crippen LogP contribution < -0.4 is 4.74 Å². The van der Waals surface area contributed by atoms with Crippen molar-refractivity contribution in [1.82, 2.24) is 4.98 Å². The number of rotatable bonds is 2. The molecule has 0 aliphatic carbocycles. The number of ether oxygens (including phenoxy) is 1. The van der Waals surface area contributed by atoms with Crippen LogP contribution in [0.4, 0.5) is 0 Å². The Balaban J connectivity index is 2.84. The molecular weight excluding hydrogens is 335 g/mol. The molecular formula is C7H4BrIN2O. The minimum Gasteiger partial charge on any atom is -0.476 e. The van der Waals surface area contributed by atoms with Crippen LogP contribution in [0.1, 0.15) is 0 Å². The first-order valence-corrected chi connectivity index (χ1v) is 4.92. The van der Waals surface area contributed by atoms with Crippen molar-refractivity contribution in [3.8, 4) is 11.8 Å². The smallest absolute Gasteiger partial charge is 0.174 e. The van der Waals surface area contributed by atoms with Gasteiger partial charge >= 0.3 is 0 Å². The molecule has 0 aliphatic heterocycles. The number of hydrogen-bond donors (Lipinski definition) is 0. The van der Waals surface area contributed by atoms with Crippen LogP contribution in [0.2, 0.25) is 0 Å². The largest absolute Gasteiger partial charge is 0.476 e. The number of aromatic nitrogens is 1. The molecule has 0 amide bonds. The van der Waals surface area contributed by atoms with Crippen LogP contribution in [0.3, 0.4) is 0 Å². The third-order valence-corrected chi connectivity index (χ3v) is 2.31. The topological polar surface area (TPSA) is 45.9 Å². The Morgan fingerprint density at radius 3 is 3.17 bits per heavy atom. The highest BCUT2D eigenvalue weighted by atomic mass is 127. The summed E-state index contributed by atoms with van der Waals surface area (Å²) < 4.78 is 6.70. The van der Waals surface area contributed by atoms with E-state index in [-0.39, 0.29) is 6.61 Å². The highest BCUT2D eigenvalue weighted by Gasteiger charge is 2.01. The Kier molecular flexibility index (Phi) is 3.75. The van der Waals surface area contributed by atoms with Crippen LogP contribution in [0.5, 0.6) is 5.75 Å². The van der Waals surface area contributed by atoms with E-state index in [1.54, 1.807) is 12.3 Å². The fraction of sp³-hybridized carbons (Fsp3) is 0.143. The van der Waals surface area contributed by atoms with Crippen LogP contribution in [0, 0.1) is 15.0 Å². The second kappa shape index (κ2) is 4.62. The van der Waals surface area contributed by atoms with Gasteiger partial charge in [0.2, 0.25) is 0 Å². The third-order valence-electron chi connectivity index (χ3n) is 1.07. The molecule has 0 saturated heterocycles. The Morgan fingerprint density at radius 2 is 2.50 bits per heavy atom. The average Bonchev–Trinajstić information content (AvgIpc) is 2.07. The van der Waals surface area contributed by atoms with Crippen molar-refractivity contribution < 1.29 is 4.74 Å². The maximum atomic E-state index is 8.28. The van der Waals surface area contributed by atoms with Crippen molar-refractivity contribution in [2.75, 3.05) is 6.61 Å². The molecule has 12 heavy (non-hydrogen) atoms. The number of nitrogens with zero attached hydrogens (tertiary/aromatic N) is 2. The third kappa shape index (κ3) is 2.60. The predicted molar refractivity (Wildman–Crippen MR) is 55.8 cm³/mol. The minimum absolute atomic E-state index is 0.0497. The number of nitriles is 1. The van der Waals surface area contributed by atoms with Gasteiger partial charge < -0.3 is 4.74 Å². The lowest BCUT2D eigenvalue weighted by molar-refractivity contribution is 0.363. The normalized spacial score (nSPS) is 9.08. The van der Waals surface area contributed by atoms with Crippen LogP contribution >= 0.6 is 38.5 Å². The Morgan fingerprint density at radius 1 is 1.75 bits per heavy atom.